The number of carbonyl (C=O) groups is 1. The van der Waals surface area contributed by atoms with Crippen molar-refractivity contribution in [3.05, 3.63) is 0 Å². The van der Waals surface area contributed by atoms with E-state index in [9.17, 15) is 4.79 Å². The number of hydrogen-bond acceptors (Lipinski definition) is 4. The highest BCUT2D eigenvalue weighted by Crippen LogP contribution is 2.47. The molecule has 4 heteroatoms. The zero-order valence-corrected chi connectivity index (χ0v) is 7.79. The van der Waals surface area contributed by atoms with E-state index in [1.54, 1.807) is 6.92 Å². The van der Waals surface area contributed by atoms with E-state index >= 15 is 0 Å². The summed E-state index contributed by atoms with van der Waals surface area (Å²) in [5, 5.41) is 0. The van der Waals surface area contributed by atoms with Crippen molar-refractivity contribution in [2.45, 2.75) is 31.4 Å². The SMILES string of the molecule is CCOC(=O)C12CC(C1)C(N)CO2. The summed E-state index contributed by atoms with van der Waals surface area (Å²) >= 11 is 0. The lowest BCUT2D eigenvalue weighted by Gasteiger charge is -2.52. The van der Waals surface area contributed by atoms with Gasteiger partial charge >= 0.3 is 5.97 Å². The molecule has 2 bridgehead atoms. The molecule has 2 aliphatic heterocycles. The lowest BCUT2D eigenvalue weighted by molar-refractivity contribution is -0.216. The summed E-state index contributed by atoms with van der Waals surface area (Å²) in [5.74, 6) is 0.247. The van der Waals surface area contributed by atoms with Crippen LogP contribution in [-0.4, -0.2) is 30.8 Å². The Hall–Kier alpha value is -0.610. The first-order valence-electron chi connectivity index (χ1n) is 4.75. The van der Waals surface area contributed by atoms with Crippen LogP contribution in [0.1, 0.15) is 19.8 Å². The van der Waals surface area contributed by atoms with Crippen molar-refractivity contribution in [2.75, 3.05) is 13.2 Å². The summed E-state index contributed by atoms with van der Waals surface area (Å²) in [7, 11) is 0. The van der Waals surface area contributed by atoms with Crippen LogP contribution in [0.3, 0.4) is 0 Å². The fourth-order valence-corrected chi connectivity index (χ4v) is 2.09. The standard InChI is InChI=1S/C9H15NO3/c1-2-12-8(11)9-3-6(4-9)7(10)5-13-9/h6-7H,2-5,10H2,1H3. The van der Waals surface area contributed by atoms with Gasteiger partial charge in [-0.3, -0.25) is 0 Å². The van der Waals surface area contributed by atoms with Gasteiger partial charge < -0.3 is 15.2 Å². The molecular weight excluding hydrogens is 170 g/mol. The summed E-state index contributed by atoms with van der Waals surface area (Å²) < 4.78 is 10.4. The van der Waals surface area contributed by atoms with E-state index in [1.807, 2.05) is 0 Å². The van der Waals surface area contributed by atoms with Gasteiger partial charge in [-0.25, -0.2) is 4.79 Å². The van der Waals surface area contributed by atoms with Crippen molar-refractivity contribution >= 4 is 5.97 Å². The van der Waals surface area contributed by atoms with Crippen molar-refractivity contribution in [3.63, 3.8) is 0 Å². The van der Waals surface area contributed by atoms with Crippen LogP contribution in [0.4, 0.5) is 0 Å². The van der Waals surface area contributed by atoms with Gasteiger partial charge in [0, 0.05) is 6.04 Å². The molecular formula is C9H15NO3. The van der Waals surface area contributed by atoms with E-state index < -0.39 is 5.60 Å². The zero-order chi connectivity index (χ0) is 9.47. The van der Waals surface area contributed by atoms with Crippen LogP contribution in [0, 0.1) is 5.92 Å². The Kier molecular flexibility index (Phi) is 2.04. The summed E-state index contributed by atoms with van der Waals surface area (Å²) in [4.78, 5) is 11.5. The van der Waals surface area contributed by atoms with Crippen molar-refractivity contribution in [1.29, 1.82) is 0 Å². The van der Waals surface area contributed by atoms with Gasteiger partial charge in [-0.15, -0.1) is 0 Å². The average molecular weight is 185 g/mol. The summed E-state index contributed by atoms with van der Waals surface area (Å²) in [5.41, 5.74) is 5.14. The van der Waals surface area contributed by atoms with Gasteiger partial charge in [0.1, 0.15) is 0 Å². The number of hydrogen-bond donors (Lipinski definition) is 1. The van der Waals surface area contributed by atoms with E-state index in [0.717, 1.165) is 12.8 Å². The average Bonchev–Trinajstić information content (AvgIpc) is 2.03. The highest BCUT2D eigenvalue weighted by molar-refractivity contribution is 5.81. The molecule has 2 saturated heterocycles. The molecule has 13 heavy (non-hydrogen) atoms. The highest BCUT2D eigenvalue weighted by Gasteiger charge is 2.57. The van der Waals surface area contributed by atoms with Crippen LogP contribution in [-0.2, 0) is 14.3 Å². The van der Waals surface area contributed by atoms with Crippen LogP contribution < -0.4 is 5.73 Å². The van der Waals surface area contributed by atoms with Crippen molar-refractivity contribution < 1.29 is 14.3 Å². The van der Waals surface area contributed by atoms with Crippen molar-refractivity contribution in [1.82, 2.24) is 0 Å². The fraction of sp³-hybridized carbons (Fsp3) is 0.889. The zero-order valence-electron chi connectivity index (χ0n) is 7.79. The molecule has 1 aliphatic carbocycles. The number of rotatable bonds is 2. The van der Waals surface area contributed by atoms with Gasteiger partial charge in [-0.2, -0.15) is 0 Å². The minimum atomic E-state index is -0.628. The molecule has 1 unspecified atom stereocenters. The number of esters is 1. The minimum absolute atomic E-state index is 0.108. The number of carbonyl (C=O) groups excluding carboxylic acids is 1. The van der Waals surface area contributed by atoms with Gasteiger partial charge in [0.15, 0.2) is 5.60 Å². The Balaban J connectivity index is 1.98. The first kappa shape index (κ1) is 8.97. The predicted octanol–water partition coefficient (Wildman–Crippen LogP) is 0.0558. The smallest absolute Gasteiger partial charge is 0.338 e. The largest absolute Gasteiger partial charge is 0.464 e. The molecule has 0 aromatic heterocycles. The molecule has 0 aromatic rings. The number of fused-ring (bicyclic) bond motifs is 2. The maximum absolute atomic E-state index is 11.5. The lowest BCUT2D eigenvalue weighted by Crippen LogP contribution is -2.64. The molecule has 0 radical (unpaired) electrons. The molecule has 4 nitrogen and oxygen atoms in total. The molecule has 0 amide bonds. The summed E-state index contributed by atoms with van der Waals surface area (Å²) in [6.07, 6.45) is 1.49. The third kappa shape index (κ3) is 1.25. The second-order valence-corrected chi connectivity index (χ2v) is 3.86. The Morgan fingerprint density at radius 2 is 2.38 bits per heavy atom. The lowest BCUT2D eigenvalue weighted by atomic mass is 9.65. The van der Waals surface area contributed by atoms with E-state index in [1.165, 1.54) is 0 Å². The van der Waals surface area contributed by atoms with E-state index in [4.69, 9.17) is 15.2 Å². The second kappa shape index (κ2) is 2.96. The van der Waals surface area contributed by atoms with Crippen LogP contribution in [0.25, 0.3) is 0 Å². The van der Waals surface area contributed by atoms with E-state index in [2.05, 4.69) is 0 Å². The monoisotopic (exact) mass is 185 g/mol. The molecule has 0 spiro atoms. The summed E-state index contributed by atoms with van der Waals surface area (Å²) in [6.45, 7) is 2.71. The fourth-order valence-electron chi connectivity index (χ4n) is 2.09. The molecule has 74 valence electrons. The van der Waals surface area contributed by atoms with Gasteiger partial charge in [0.05, 0.1) is 13.2 Å². The first-order chi connectivity index (χ1) is 6.18. The van der Waals surface area contributed by atoms with Crippen LogP contribution in [0.2, 0.25) is 0 Å². The summed E-state index contributed by atoms with van der Waals surface area (Å²) in [6, 6.07) is 0.108. The molecule has 1 saturated carbocycles. The van der Waals surface area contributed by atoms with Crippen LogP contribution in [0.5, 0.6) is 0 Å². The molecule has 2 N–H and O–H groups in total. The molecule has 2 heterocycles. The molecule has 3 rings (SSSR count). The van der Waals surface area contributed by atoms with Crippen LogP contribution >= 0.6 is 0 Å². The topological polar surface area (TPSA) is 61.5 Å². The Morgan fingerprint density at radius 3 is 2.85 bits per heavy atom. The Labute approximate surface area is 77.4 Å². The van der Waals surface area contributed by atoms with Crippen LogP contribution in [0.15, 0.2) is 0 Å². The normalized spacial score (nSPS) is 42.3. The predicted molar refractivity (Wildman–Crippen MR) is 46.0 cm³/mol. The van der Waals surface area contributed by atoms with Gasteiger partial charge in [-0.1, -0.05) is 0 Å². The van der Waals surface area contributed by atoms with Gasteiger partial charge in [-0.05, 0) is 25.7 Å². The Bertz CT molecular complexity index is 217. The highest BCUT2D eigenvalue weighted by atomic mass is 16.6. The van der Waals surface area contributed by atoms with Gasteiger partial charge in [0.2, 0.25) is 0 Å². The first-order valence-corrected chi connectivity index (χ1v) is 4.75. The Morgan fingerprint density at radius 1 is 1.69 bits per heavy atom. The van der Waals surface area contributed by atoms with E-state index in [-0.39, 0.29) is 12.0 Å². The maximum Gasteiger partial charge on any atom is 0.338 e. The van der Waals surface area contributed by atoms with Gasteiger partial charge in [0.25, 0.3) is 0 Å². The third-order valence-electron chi connectivity index (χ3n) is 2.99. The molecule has 3 fully saturated rings. The van der Waals surface area contributed by atoms with Crippen molar-refractivity contribution in [2.24, 2.45) is 11.7 Å². The molecule has 1 atom stereocenters. The second-order valence-electron chi connectivity index (χ2n) is 3.86. The number of nitrogens with two attached hydrogens (primary N) is 1. The number of ether oxygens (including phenoxy) is 2. The molecule has 3 aliphatic rings. The minimum Gasteiger partial charge on any atom is -0.464 e. The van der Waals surface area contributed by atoms with Crippen molar-refractivity contribution in [3.8, 4) is 0 Å². The van der Waals surface area contributed by atoms with E-state index in [0.29, 0.717) is 19.1 Å². The quantitative estimate of drug-likeness (QED) is 0.618. The molecule has 0 aromatic carbocycles. The maximum atomic E-state index is 11.5. The third-order valence-corrected chi connectivity index (χ3v) is 2.99.